The molecule has 0 unspecified atom stereocenters. The number of benzene rings is 1. The summed E-state index contributed by atoms with van der Waals surface area (Å²) in [5, 5.41) is 7.26. The van der Waals surface area contributed by atoms with Crippen molar-refractivity contribution in [2.24, 2.45) is 0 Å². The van der Waals surface area contributed by atoms with Gasteiger partial charge in [0.1, 0.15) is 4.21 Å². The molecule has 1 fully saturated rings. The summed E-state index contributed by atoms with van der Waals surface area (Å²) in [7, 11) is -3.42. The Bertz CT molecular complexity index is 1100. The summed E-state index contributed by atoms with van der Waals surface area (Å²) in [5.74, 6) is -0.113. The molecule has 7 nitrogen and oxygen atoms in total. The lowest BCUT2D eigenvalue weighted by atomic mass is 10.2. The maximum atomic E-state index is 12.6. The predicted octanol–water partition coefficient (Wildman–Crippen LogP) is 2.62. The molecule has 30 heavy (non-hydrogen) atoms. The zero-order valence-corrected chi connectivity index (χ0v) is 18.2. The third-order valence-corrected chi connectivity index (χ3v) is 8.47. The van der Waals surface area contributed by atoms with Gasteiger partial charge in [-0.1, -0.05) is 18.2 Å². The second-order valence-corrected chi connectivity index (χ2v) is 10.6. The first-order valence-corrected chi connectivity index (χ1v) is 12.2. The van der Waals surface area contributed by atoms with Gasteiger partial charge >= 0.3 is 0 Å². The first-order valence-electron chi connectivity index (χ1n) is 9.97. The van der Waals surface area contributed by atoms with Crippen LogP contribution in [0, 0.1) is 0 Å². The molecule has 1 aliphatic heterocycles. The van der Waals surface area contributed by atoms with Crippen molar-refractivity contribution in [3.05, 3.63) is 65.3 Å². The largest absolute Gasteiger partial charge is 0.355 e. The second-order valence-electron chi connectivity index (χ2n) is 7.24. The number of hydrogen-bond acceptors (Lipinski definition) is 5. The molecule has 1 aliphatic rings. The highest BCUT2D eigenvalue weighted by atomic mass is 32.2. The number of aromatic nitrogens is 2. The summed E-state index contributed by atoms with van der Waals surface area (Å²) in [4.78, 5) is 13.0. The third-order valence-electron chi connectivity index (χ3n) is 5.02. The van der Waals surface area contributed by atoms with E-state index in [0.29, 0.717) is 30.3 Å². The first kappa shape index (κ1) is 20.8. The molecule has 3 aromatic rings. The van der Waals surface area contributed by atoms with Crippen molar-refractivity contribution < 1.29 is 13.2 Å². The van der Waals surface area contributed by atoms with Crippen LogP contribution in [0.3, 0.4) is 0 Å². The van der Waals surface area contributed by atoms with Crippen LogP contribution in [0.1, 0.15) is 23.3 Å². The Morgan fingerprint density at radius 1 is 1.10 bits per heavy atom. The van der Waals surface area contributed by atoms with Gasteiger partial charge in [-0.3, -0.25) is 4.79 Å². The summed E-state index contributed by atoms with van der Waals surface area (Å²) in [6, 6.07) is 13.2. The molecule has 158 valence electrons. The summed E-state index contributed by atoms with van der Waals surface area (Å²) in [6.07, 6.45) is 6.43. The highest BCUT2D eigenvalue weighted by Crippen LogP contribution is 2.27. The number of nitrogens with one attached hydrogen (secondary N) is 1. The van der Waals surface area contributed by atoms with E-state index in [1.165, 1.54) is 15.6 Å². The average Bonchev–Trinajstić information content (AvgIpc) is 3.50. The van der Waals surface area contributed by atoms with Crippen molar-refractivity contribution in [2.45, 2.75) is 29.9 Å². The van der Waals surface area contributed by atoms with Crippen molar-refractivity contribution in [3.63, 3.8) is 0 Å². The number of amides is 1. The van der Waals surface area contributed by atoms with Crippen molar-refractivity contribution in [1.82, 2.24) is 19.4 Å². The molecule has 0 aliphatic carbocycles. The molecule has 0 atom stereocenters. The van der Waals surface area contributed by atoms with E-state index in [2.05, 4.69) is 10.4 Å². The average molecular weight is 445 g/mol. The Morgan fingerprint density at radius 3 is 2.63 bits per heavy atom. The second kappa shape index (κ2) is 9.11. The number of hydrogen-bond donors (Lipinski definition) is 1. The Morgan fingerprint density at radius 2 is 1.87 bits per heavy atom. The minimum Gasteiger partial charge on any atom is -0.355 e. The van der Waals surface area contributed by atoms with Gasteiger partial charge in [0.2, 0.25) is 5.91 Å². The maximum absolute atomic E-state index is 12.6. The highest BCUT2D eigenvalue weighted by Gasteiger charge is 2.28. The molecule has 3 heterocycles. The lowest BCUT2D eigenvalue weighted by Crippen LogP contribution is -2.27. The van der Waals surface area contributed by atoms with Gasteiger partial charge in [-0.15, -0.1) is 11.3 Å². The van der Waals surface area contributed by atoms with Gasteiger partial charge in [-0.05, 0) is 49.1 Å². The summed E-state index contributed by atoms with van der Waals surface area (Å²) < 4.78 is 28.8. The van der Waals surface area contributed by atoms with E-state index in [0.717, 1.165) is 29.0 Å². The quantitative estimate of drug-likeness (QED) is 0.579. The number of carbonyl (C=O) groups excluding carboxylic acids is 1. The van der Waals surface area contributed by atoms with Gasteiger partial charge in [-0.25, -0.2) is 13.1 Å². The molecule has 1 aromatic carbocycles. The highest BCUT2D eigenvalue weighted by molar-refractivity contribution is 7.91. The maximum Gasteiger partial charge on any atom is 0.252 e. The molecular formula is C21H24N4O3S2. The van der Waals surface area contributed by atoms with E-state index in [9.17, 15) is 13.2 Å². The fourth-order valence-electron chi connectivity index (χ4n) is 3.43. The third kappa shape index (κ3) is 4.80. The van der Waals surface area contributed by atoms with Gasteiger partial charge in [0, 0.05) is 30.7 Å². The lowest BCUT2D eigenvalue weighted by molar-refractivity contribution is -0.120. The van der Waals surface area contributed by atoms with E-state index in [-0.39, 0.29) is 12.3 Å². The molecule has 0 saturated carbocycles. The fraction of sp³-hybridized carbons (Fsp3) is 0.333. The van der Waals surface area contributed by atoms with Crippen LogP contribution in [0.2, 0.25) is 0 Å². The van der Waals surface area contributed by atoms with Gasteiger partial charge < -0.3 is 5.32 Å². The van der Waals surface area contributed by atoms with E-state index < -0.39 is 10.0 Å². The van der Waals surface area contributed by atoms with Gasteiger partial charge in [-0.2, -0.15) is 9.40 Å². The zero-order chi connectivity index (χ0) is 21.0. The minimum absolute atomic E-state index is 0.113. The molecule has 1 amide bonds. The van der Waals surface area contributed by atoms with Crippen LogP contribution < -0.4 is 5.32 Å². The van der Waals surface area contributed by atoms with Crippen molar-refractivity contribution in [1.29, 1.82) is 0 Å². The molecule has 1 N–H and O–H groups in total. The normalized spacial score (nSPS) is 14.8. The number of carbonyl (C=O) groups is 1. The predicted molar refractivity (Wildman–Crippen MR) is 116 cm³/mol. The Kier molecular flexibility index (Phi) is 6.31. The number of nitrogens with zero attached hydrogens (tertiary/aromatic N) is 3. The van der Waals surface area contributed by atoms with Crippen LogP contribution in [0.15, 0.2) is 59.1 Å². The summed E-state index contributed by atoms with van der Waals surface area (Å²) in [6.45, 7) is 1.66. The molecule has 1 saturated heterocycles. The van der Waals surface area contributed by atoms with E-state index in [1.54, 1.807) is 18.3 Å². The van der Waals surface area contributed by atoms with Gasteiger partial charge in [0.15, 0.2) is 0 Å². The van der Waals surface area contributed by atoms with Crippen molar-refractivity contribution >= 4 is 27.3 Å². The van der Waals surface area contributed by atoms with E-state index in [1.807, 2.05) is 41.2 Å². The summed E-state index contributed by atoms with van der Waals surface area (Å²) >= 11 is 1.18. The molecule has 9 heteroatoms. The van der Waals surface area contributed by atoms with Crippen LogP contribution in [-0.2, 0) is 27.7 Å². The fourth-order valence-corrected chi connectivity index (χ4v) is 6.45. The van der Waals surface area contributed by atoms with Crippen LogP contribution in [0.4, 0.5) is 0 Å². The monoisotopic (exact) mass is 444 g/mol. The molecular weight excluding hydrogens is 420 g/mol. The van der Waals surface area contributed by atoms with E-state index in [4.69, 9.17) is 0 Å². The smallest absolute Gasteiger partial charge is 0.252 e. The number of sulfonamides is 1. The number of rotatable bonds is 8. The SMILES string of the molecule is O=C(Cc1ccc(S(=O)(=O)N2CCCC2)s1)NCCc1cnn(-c2ccccc2)c1. The molecule has 4 rings (SSSR count). The van der Waals surface area contributed by atoms with Gasteiger partial charge in [0.25, 0.3) is 10.0 Å². The van der Waals surface area contributed by atoms with Crippen molar-refractivity contribution in [3.8, 4) is 5.69 Å². The first-order chi connectivity index (χ1) is 14.5. The number of para-hydroxylation sites is 1. The van der Waals surface area contributed by atoms with Gasteiger partial charge in [0.05, 0.1) is 18.3 Å². The Labute approximate surface area is 180 Å². The topological polar surface area (TPSA) is 84.3 Å². The van der Waals surface area contributed by atoms with Crippen LogP contribution in [0.25, 0.3) is 5.69 Å². The van der Waals surface area contributed by atoms with Crippen LogP contribution in [0.5, 0.6) is 0 Å². The molecule has 0 bridgehead atoms. The standard InChI is InChI=1S/C21H24N4O3S2/c26-20(14-19-8-9-21(29-19)30(27,28)24-12-4-5-13-24)22-11-10-17-15-23-25(16-17)18-6-2-1-3-7-18/h1-3,6-9,15-16H,4-5,10-14H2,(H,22,26). The van der Waals surface area contributed by atoms with Crippen molar-refractivity contribution in [2.75, 3.05) is 19.6 Å². The lowest BCUT2D eigenvalue weighted by Gasteiger charge is -2.13. The van der Waals surface area contributed by atoms with E-state index >= 15 is 0 Å². The zero-order valence-electron chi connectivity index (χ0n) is 16.5. The van der Waals surface area contributed by atoms with Crippen LogP contribution in [-0.4, -0.2) is 48.0 Å². The molecule has 0 radical (unpaired) electrons. The molecule has 0 spiro atoms. The molecule has 2 aromatic heterocycles. The number of thiophene rings is 1. The Hall–Kier alpha value is -2.49. The minimum atomic E-state index is -3.42. The summed E-state index contributed by atoms with van der Waals surface area (Å²) in [5.41, 5.74) is 2.03. The van der Waals surface area contributed by atoms with Crippen LogP contribution >= 0.6 is 11.3 Å². The Balaban J connectivity index is 1.27.